The summed E-state index contributed by atoms with van der Waals surface area (Å²) < 4.78 is 25.4. The molecule has 0 unspecified atom stereocenters. The molecule has 17 heavy (non-hydrogen) atoms. The highest BCUT2D eigenvalue weighted by molar-refractivity contribution is 6.21. The number of alkyl halides is 2. The van der Waals surface area contributed by atoms with Crippen LogP contribution in [0.25, 0.3) is 0 Å². The molecule has 1 aliphatic rings. The molecule has 0 radical (unpaired) electrons. The summed E-state index contributed by atoms with van der Waals surface area (Å²) in [6.07, 6.45) is -0.515. The first kappa shape index (κ1) is 11.7. The number of nitrogens with zero attached hydrogens (tertiary/aromatic N) is 1. The molecular formula is C12H11F2NO2. The Kier molecular flexibility index (Phi) is 2.69. The largest absolute Gasteiger partial charge is 0.274 e. The van der Waals surface area contributed by atoms with Gasteiger partial charge in [-0.1, -0.05) is 12.1 Å². The topological polar surface area (TPSA) is 37.4 Å². The number of halogens is 2. The molecule has 5 heteroatoms. The maximum Gasteiger partial charge on any atom is 0.261 e. The summed E-state index contributed by atoms with van der Waals surface area (Å²) in [5.41, 5.74) is 0.578. The van der Waals surface area contributed by atoms with Crippen LogP contribution >= 0.6 is 0 Å². The fourth-order valence-corrected chi connectivity index (χ4v) is 1.75. The Labute approximate surface area is 97.0 Å². The van der Waals surface area contributed by atoms with E-state index in [1.54, 1.807) is 12.1 Å². The molecule has 0 atom stereocenters. The second kappa shape index (κ2) is 3.91. The zero-order valence-electron chi connectivity index (χ0n) is 9.24. The summed E-state index contributed by atoms with van der Waals surface area (Å²) in [5, 5.41) is 0. The maximum absolute atomic E-state index is 12.7. The Hall–Kier alpha value is -1.78. The van der Waals surface area contributed by atoms with Gasteiger partial charge >= 0.3 is 0 Å². The van der Waals surface area contributed by atoms with Crippen LogP contribution < -0.4 is 0 Å². The van der Waals surface area contributed by atoms with Gasteiger partial charge in [0.2, 0.25) is 5.92 Å². The highest BCUT2D eigenvalue weighted by atomic mass is 19.3. The first-order valence-corrected chi connectivity index (χ1v) is 5.23. The second-order valence-electron chi connectivity index (χ2n) is 4.13. The van der Waals surface area contributed by atoms with E-state index in [4.69, 9.17) is 0 Å². The molecule has 2 rings (SSSR count). The van der Waals surface area contributed by atoms with Crippen molar-refractivity contribution < 1.29 is 18.4 Å². The molecule has 1 aliphatic heterocycles. The molecule has 0 fully saturated rings. The number of benzene rings is 1. The molecule has 2 amide bonds. The van der Waals surface area contributed by atoms with Crippen molar-refractivity contribution >= 4 is 11.8 Å². The van der Waals surface area contributed by atoms with Crippen molar-refractivity contribution in [2.45, 2.75) is 19.3 Å². The first-order valence-electron chi connectivity index (χ1n) is 5.23. The van der Waals surface area contributed by atoms with Crippen LogP contribution in [0.5, 0.6) is 0 Å². The normalized spacial score (nSPS) is 15.4. The first-order chi connectivity index (χ1) is 7.90. The molecule has 0 saturated heterocycles. The van der Waals surface area contributed by atoms with E-state index in [1.807, 2.05) is 0 Å². The lowest BCUT2D eigenvalue weighted by Gasteiger charge is -2.16. The van der Waals surface area contributed by atoms with Crippen LogP contribution in [0.15, 0.2) is 24.3 Å². The van der Waals surface area contributed by atoms with E-state index >= 15 is 0 Å². The van der Waals surface area contributed by atoms with Crippen LogP contribution in [0.2, 0.25) is 0 Å². The molecule has 90 valence electrons. The van der Waals surface area contributed by atoms with Gasteiger partial charge in [-0.2, -0.15) is 0 Å². The van der Waals surface area contributed by atoms with E-state index in [1.165, 1.54) is 12.1 Å². The Morgan fingerprint density at radius 1 is 1.12 bits per heavy atom. The van der Waals surface area contributed by atoms with Gasteiger partial charge in [-0.15, -0.1) is 0 Å². The lowest BCUT2D eigenvalue weighted by Crippen LogP contribution is -2.33. The predicted molar refractivity (Wildman–Crippen MR) is 57.0 cm³/mol. The molecule has 1 aromatic rings. The quantitative estimate of drug-likeness (QED) is 0.759. The SMILES string of the molecule is CC(F)(F)CCN1C(=O)c2ccccc2C1=O. The smallest absolute Gasteiger partial charge is 0.261 e. The lowest BCUT2D eigenvalue weighted by molar-refractivity contribution is 0.00573. The third-order valence-electron chi connectivity index (χ3n) is 2.65. The van der Waals surface area contributed by atoms with E-state index in [0.29, 0.717) is 0 Å². The standard InChI is InChI=1S/C12H11F2NO2/c1-12(13,14)6-7-15-10(16)8-4-2-3-5-9(8)11(15)17/h2-5H,6-7H2,1H3. The average molecular weight is 239 g/mol. The number of carbonyl (C=O) groups excluding carboxylic acids is 2. The van der Waals surface area contributed by atoms with E-state index < -0.39 is 24.2 Å². The molecule has 0 aromatic heterocycles. The lowest BCUT2D eigenvalue weighted by atomic mass is 10.1. The number of imide groups is 1. The van der Waals surface area contributed by atoms with Crippen molar-refractivity contribution in [3.8, 4) is 0 Å². The number of fused-ring (bicyclic) bond motifs is 1. The Bertz CT molecular complexity index is 445. The van der Waals surface area contributed by atoms with Crippen molar-refractivity contribution in [2.75, 3.05) is 6.54 Å². The van der Waals surface area contributed by atoms with Crippen molar-refractivity contribution in [2.24, 2.45) is 0 Å². The zero-order valence-corrected chi connectivity index (χ0v) is 9.24. The molecular weight excluding hydrogens is 228 g/mol. The van der Waals surface area contributed by atoms with Gasteiger partial charge in [0.15, 0.2) is 0 Å². The van der Waals surface area contributed by atoms with Crippen molar-refractivity contribution in [3.63, 3.8) is 0 Å². The van der Waals surface area contributed by atoms with Crippen LogP contribution in [0.1, 0.15) is 34.1 Å². The molecule has 1 aromatic carbocycles. The summed E-state index contributed by atoms with van der Waals surface area (Å²) in [7, 11) is 0. The fraction of sp³-hybridized carbons (Fsp3) is 0.333. The van der Waals surface area contributed by atoms with Gasteiger partial charge in [-0.05, 0) is 19.1 Å². The van der Waals surface area contributed by atoms with Gasteiger partial charge in [0.1, 0.15) is 0 Å². The van der Waals surface area contributed by atoms with Gasteiger partial charge in [-0.25, -0.2) is 8.78 Å². The van der Waals surface area contributed by atoms with E-state index in [-0.39, 0.29) is 17.7 Å². The van der Waals surface area contributed by atoms with Gasteiger partial charge in [-0.3, -0.25) is 14.5 Å². The van der Waals surface area contributed by atoms with Gasteiger partial charge in [0, 0.05) is 13.0 Å². The molecule has 0 spiro atoms. The van der Waals surface area contributed by atoms with Crippen molar-refractivity contribution in [3.05, 3.63) is 35.4 Å². The third kappa shape index (κ3) is 2.18. The summed E-state index contributed by atoms with van der Waals surface area (Å²) in [4.78, 5) is 24.4. The van der Waals surface area contributed by atoms with Crippen LogP contribution in [-0.2, 0) is 0 Å². The minimum atomic E-state index is -2.88. The highest BCUT2D eigenvalue weighted by Gasteiger charge is 2.36. The Morgan fingerprint density at radius 2 is 1.59 bits per heavy atom. The average Bonchev–Trinajstić information content (AvgIpc) is 2.49. The predicted octanol–water partition coefficient (Wildman–Crippen LogP) is 2.33. The van der Waals surface area contributed by atoms with E-state index in [9.17, 15) is 18.4 Å². The van der Waals surface area contributed by atoms with Crippen molar-refractivity contribution in [1.29, 1.82) is 0 Å². The van der Waals surface area contributed by atoms with E-state index in [2.05, 4.69) is 0 Å². The monoisotopic (exact) mass is 239 g/mol. The minimum Gasteiger partial charge on any atom is -0.274 e. The molecule has 0 N–H and O–H groups in total. The van der Waals surface area contributed by atoms with Crippen LogP contribution in [0, 0.1) is 0 Å². The van der Waals surface area contributed by atoms with Gasteiger partial charge in [0.05, 0.1) is 11.1 Å². The number of hydrogen-bond donors (Lipinski definition) is 0. The van der Waals surface area contributed by atoms with Gasteiger partial charge in [0.25, 0.3) is 11.8 Å². The summed E-state index contributed by atoms with van der Waals surface area (Å²) in [5.74, 6) is -3.86. The summed E-state index contributed by atoms with van der Waals surface area (Å²) >= 11 is 0. The second-order valence-corrected chi connectivity index (χ2v) is 4.13. The summed E-state index contributed by atoms with van der Waals surface area (Å²) in [6.45, 7) is 0.515. The van der Waals surface area contributed by atoms with Crippen molar-refractivity contribution in [1.82, 2.24) is 4.90 Å². The Morgan fingerprint density at radius 3 is 2.00 bits per heavy atom. The number of amides is 2. The van der Waals surface area contributed by atoms with Crippen LogP contribution in [-0.4, -0.2) is 29.2 Å². The van der Waals surface area contributed by atoms with E-state index in [0.717, 1.165) is 11.8 Å². The number of carbonyl (C=O) groups is 2. The zero-order chi connectivity index (χ0) is 12.6. The highest BCUT2D eigenvalue weighted by Crippen LogP contribution is 2.25. The third-order valence-corrected chi connectivity index (χ3v) is 2.65. The molecule has 3 nitrogen and oxygen atoms in total. The Balaban J connectivity index is 2.19. The number of rotatable bonds is 3. The van der Waals surface area contributed by atoms with Crippen LogP contribution in [0.4, 0.5) is 8.78 Å². The summed E-state index contributed by atoms with van der Waals surface area (Å²) in [6, 6.07) is 6.34. The molecule has 0 saturated carbocycles. The molecule has 1 heterocycles. The fourth-order valence-electron chi connectivity index (χ4n) is 1.75. The van der Waals surface area contributed by atoms with Gasteiger partial charge < -0.3 is 0 Å². The number of hydrogen-bond acceptors (Lipinski definition) is 2. The minimum absolute atomic E-state index is 0.254. The molecule has 0 bridgehead atoms. The van der Waals surface area contributed by atoms with Crippen LogP contribution in [0.3, 0.4) is 0 Å². The molecule has 0 aliphatic carbocycles. The maximum atomic E-state index is 12.7.